The van der Waals surface area contributed by atoms with Gasteiger partial charge < -0.3 is 20.3 Å². The molecule has 0 fully saturated rings. The smallest absolute Gasteiger partial charge is 0.319 e. The fraction of sp³-hybridized carbons (Fsp3) is 0.500. The van der Waals surface area contributed by atoms with Crippen LogP contribution in [0.2, 0.25) is 0 Å². The van der Waals surface area contributed by atoms with E-state index < -0.39 is 0 Å². The van der Waals surface area contributed by atoms with Gasteiger partial charge in [-0.25, -0.2) is 4.79 Å². The zero-order valence-corrected chi connectivity index (χ0v) is 15.2. The van der Waals surface area contributed by atoms with Crippen LogP contribution >= 0.6 is 0 Å². The Labute approximate surface area is 147 Å². The van der Waals surface area contributed by atoms with Gasteiger partial charge in [-0.1, -0.05) is 25.1 Å². The third-order valence-electron chi connectivity index (χ3n) is 3.87. The molecule has 1 heterocycles. The largest absolute Gasteiger partial charge is 0.393 e. The van der Waals surface area contributed by atoms with Crippen molar-refractivity contribution >= 4 is 11.7 Å². The minimum atomic E-state index is -0.374. The molecule has 0 aliphatic heterocycles. The van der Waals surface area contributed by atoms with Gasteiger partial charge in [0.15, 0.2) is 5.82 Å². The first-order chi connectivity index (χ1) is 11.9. The molecule has 0 radical (unpaired) electrons. The van der Waals surface area contributed by atoms with Crippen molar-refractivity contribution in [2.45, 2.75) is 46.6 Å². The minimum absolute atomic E-state index is 0.198. The highest BCUT2D eigenvalue weighted by molar-refractivity contribution is 5.90. The summed E-state index contributed by atoms with van der Waals surface area (Å²) in [5, 5.41) is 18.9. The number of nitrogens with one attached hydrogen (secondary N) is 2. The summed E-state index contributed by atoms with van der Waals surface area (Å²) < 4.78 is 5.24. The fourth-order valence-corrected chi connectivity index (χ4v) is 2.50. The number of nitrogens with zero attached hydrogens (tertiary/aromatic N) is 2. The van der Waals surface area contributed by atoms with E-state index in [4.69, 9.17) is 4.52 Å². The van der Waals surface area contributed by atoms with Gasteiger partial charge in [0, 0.05) is 24.2 Å². The average Bonchev–Trinajstić information content (AvgIpc) is 3.03. The molecule has 2 unspecified atom stereocenters. The first-order valence-electron chi connectivity index (χ1n) is 8.55. The molecular formula is C18H26N4O3. The highest BCUT2D eigenvalue weighted by Gasteiger charge is 2.12. The number of hydrogen-bond donors (Lipinski definition) is 3. The monoisotopic (exact) mass is 346 g/mol. The second kappa shape index (κ2) is 8.62. The van der Waals surface area contributed by atoms with Gasteiger partial charge >= 0.3 is 6.03 Å². The lowest BCUT2D eigenvalue weighted by molar-refractivity contribution is 0.163. The van der Waals surface area contributed by atoms with Gasteiger partial charge in [0.05, 0.1) is 6.10 Å². The maximum atomic E-state index is 12.1. The number of hydrogen-bond acceptors (Lipinski definition) is 5. The summed E-state index contributed by atoms with van der Waals surface area (Å²) in [4.78, 5) is 16.4. The average molecular weight is 346 g/mol. The lowest BCUT2D eigenvalue weighted by atomic mass is 10.1. The topological polar surface area (TPSA) is 100 Å². The SMILES string of the molecule is CCc1noc(-c2ccc(C)c(NC(=O)NCC(C)CC(C)O)c2)n1. The van der Waals surface area contributed by atoms with Crippen LogP contribution in [0.3, 0.4) is 0 Å². The summed E-state index contributed by atoms with van der Waals surface area (Å²) in [5.74, 6) is 1.28. The molecule has 0 bridgehead atoms. The molecule has 1 aromatic carbocycles. The molecule has 0 spiro atoms. The molecule has 1 aromatic heterocycles. The van der Waals surface area contributed by atoms with Crippen LogP contribution in [-0.4, -0.2) is 33.9 Å². The van der Waals surface area contributed by atoms with Gasteiger partial charge in [-0.3, -0.25) is 0 Å². The number of carbonyl (C=O) groups excluding carboxylic acids is 1. The number of anilines is 1. The predicted molar refractivity (Wildman–Crippen MR) is 96.3 cm³/mol. The Morgan fingerprint density at radius 1 is 1.36 bits per heavy atom. The van der Waals surface area contributed by atoms with Gasteiger partial charge in [0.2, 0.25) is 0 Å². The molecule has 3 N–H and O–H groups in total. The van der Waals surface area contributed by atoms with Crippen LogP contribution in [-0.2, 0) is 6.42 Å². The van der Waals surface area contributed by atoms with E-state index in [1.165, 1.54) is 0 Å². The lowest BCUT2D eigenvalue weighted by Crippen LogP contribution is -2.33. The van der Waals surface area contributed by atoms with E-state index in [1.54, 1.807) is 6.92 Å². The van der Waals surface area contributed by atoms with Gasteiger partial charge in [-0.2, -0.15) is 4.98 Å². The number of urea groups is 1. The normalized spacial score (nSPS) is 13.3. The van der Waals surface area contributed by atoms with Crippen molar-refractivity contribution in [3.63, 3.8) is 0 Å². The second-order valence-corrected chi connectivity index (χ2v) is 6.42. The Morgan fingerprint density at radius 3 is 2.76 bits per heavy atom. The first-order valence-corrected chi connectivity index (χ1v) is 8.55. The zero-order chi connectivity index (χ0) is 18.4. The van der Waals surface area contributed by atoms with Crippen LogP contribution in [0, 0.1) is 12.8 Å². The van der Waals surface area contributed by atoms with Crippen LogP contribution in [0.4, 0.5) is 10.5 Å². The number of aliphatic hydroxyl groups is 1. The third kappa shape index (κ3) is 5.56. The maximum absolute atomic E-state index is 12.1. The quantitative estimate of drug-likeness (QED) is 0.715. The molecular weight excluding hydrogens is 320 g/mol. The zero-order valence-electron chi connectivity index (χ0n) is 15.2. The number of benzene rings is 1. The van der Waals surface area contributed by atoms with Gasteiger partial charge in [0.1, 0.15) is 0 Å². The van der Waals surface area contributed by atoms with E-state index in [9.17, 15) is 9.90 Å². The molecule has 7 heteroatoms. The van der Waals surface area contributed by atoms with Gasteiger partial charge in [0.25, 0.3) is 5.89 Å². The molecule has 2 rings (SSSR count). The highest BCUT2D eigenvalue weighted by Crippen LogP contribution is 2.24. The molecule has 2 amide bonds. The van der Waals surface area contributed by atoms with Gasteiger partial charge in [-0.15, -0.1) is 0 Å². The van der Waals surface area contributed by atoms with Gasteiger partial charge in [-0.05, 0) is 43.9 Å². The van der Waals surface area contributed by atoms with Crippen molar-refractivity contribution in [3.05, 3.63) is 29.6 Å². The predicted octanol–water partition coefficient (Wildman–Crippen LogP) is 3.14. The highest BCUT2D eigenvalue weighted by atomic mass is 16.5. The number of rotatable bonds is 7. The molecule has 25 heavy (non-hydrogen) atoms. The van der Waals surface area contributed by atoms with Crippen LogP contribution < -0.4 is 10.6 Å². The second-order valence-electron chi connectivity index (χ2n) is 6.42. The van der Waals surface area contributed by atoms with E-state index >= 15 is 0 Å². The Kier molecular flexibility index (Phi) is 6.52. The van der Waals surface area contributed by atoms with E-state index in [2.05, 4.69) is 20.8 Å². The van der Waals surface area contributed by atoms with Crippen molar-refractivity contribution < 1.29 is 14.4 Å². The summed E-state index contributed by atoms with van der Waals surface area (Å²) in [6.45, 7) is 8.10. The number of carbonyl (C=O) groups is 1. The molecule has 136 valence electrons. The van der Waals surface area contributed by atoms with Crippen molar-refractivity contribution in [3.8, 4) is 11.5 Å². The molecule has 0 saturated carbocycles. The summed E-state index contributed by atoms with van der Waals surface area (Å²) in [5.41, 5.74) is 2.39. The van der Waals surface area contributed by atoms with E-state index in [-0.39, 0.29) is 18.1 Å². The van der Waals surface area contributed by atoms with Crippen LogP contribution in [0.15, 0.2) is 22.7 Å². The van der Waals surface area contributed by atoms with Crippen molar-refractivity contribution in [1.82, 2.24) is 15.5 Å². The molecule has 2 aromatic rings. The lowest BCUT2D eigenvalue weighted by Gasteiger charge is -2.15. The Balaban J connectivity index is 2.01. The number of aryl methyl sites for hydroxylation is 2. The standard InChI is InChI=1S/C18H26N4O3/c1-5-16-21-17(25-22-16)14-7-6-12(3)15(9-14)20-18(24)19-10-11(2)8-13(4)23/h6-7,9,11,13,23H,5,8,10H2,1-4H3,(H2,19,20,24). The Morgan fingerprint density at radius 2 is 2.12 bits per heavy atom. The molecule has 2 atom stereocenters. The molecule has 7 nitrogen and oxygen atoms in total. The van der Waals surface area contributed by atoms with Crippen LogP contribution in [0.25, 0.3) is 11.5 Å². The minimum Gasteiger partial charge on any atom is -0.393 e. The summed E-state index contributed by atoms with van der Waals surface area (Å²) in [6, 6.07) is 5.33. The summed E-state index contributed by atoms with van der Waals surface area (Å²) in [7, 11) is 0. The summed E-state index contributed by atoms with van der Waals surface area (Å²) >= 11 is 0. The van der Waals surface area contributed by atoms with Crippen LogP contribution in [0.5, 0.6) is 0 Å². The third-order valence-corrected chi connectivity index (χ3v) is 3.87. The van der Waals surface area contributed by atoms with Crippen LogP contribution in [0.1, 0.15) is 38.6 Å². The van der Waals surface area contributed by atoms with Crippen molar-refractivity contribution in [2.24, 2.45) is 5.92 Å². The van der Waals surface area contributed by atoms with E-state index in [0.29, 0.717) is 36.8 Å². The number of aliphatic hydroxyl groups excluding tert-OH is 1. The number of aromatic nitrogens is 2. The summed E-state index contributed by atoms with van der Waals surface area (Å²) in [6.07, 6.45) is 0.973. The molecule has 0 aliphatic rings. The van der Waals surface area contributed by atoms with Crippen molar-refractivity contribution in [1.29, 1.82) is 0 Å². The number of amides is 2. The fourth-order valence-electron chi connectivity index (χ4n) is 2.50. The first kappa shape index (κ1) is 18.9. The Hall–Kier alpha value is -2.41. The maximum Gasteiger partial charge on any atom is 0.319 e. The molecule has 0 saturated heterocycles. The van der Waals surface area contributed by atoms with E-state index in [0.717, 1.165) is 11.1 Å². The molecule has 0 aliphatic carbocycles. The van der Waals surface area contributed by atoms with E-state index in [1.807, 2.05) is 39.0 Å². The Bertz CT molecular complexity index is 712. The van der Waals surface area contributed by atoms with Crippen molar-refractivity contribution in [2.75, 3.05) is 11.9 Å².